The molecule has 0 aromatic carbocycles. The van der Waals surface area contributed by atoms with Crippen LogP contribution in [0.25, 0.3) is 11.0 Å². The lowest BCUT2D eigenvalue weighted by Gasteiger charge is -2.04. The van der Waals surface area contributed by atoms with Crippen LogP contribution in [0.5, 0.6) is 5.88 Å². The number of aryl methyl sites for hydroxylation is 2. The Balaban J connectivity index is 3.00. The van der Waals surface area contributed by atoms with Crippen molar-refractivity contribution >= 4 is 11.0 Å². The summed E-state index contributed by atoms with van der Waals surface area (Å²) in [5, 5.41) is 18.4. The van der Waals surface area contributed by atoms with Gasteiger partial charge in [0, 0.05) is 5.69 Å². The maximum absolute atomic E-state index is 9.52. The first kappa shape index (κ1) is 9.53. The minimum Gasteiger partial charge on any atom is -0.494 e. The molecule has 0 aliphatic heterocycles. The van der Waals surface area contributed by atoms with E-state index >= 15 is 0 Å². The zero-order valence-electron chi connectivity index (χ0n) is 8.84. The molecule has 2 aromatic rings. The summed E-state index contributed by atoms with van der Waals surface area (Å²) in [6.07, 6.45) is 0. The largest absolute Gasteiger partial charge is 0.494 e. The van der Waals surface area contributed by atoms with Crippen LogP contribution >= 0.6 is 0 Å². The zero-order valence-corrected chi connectivity index (χ0v) is 8.84. The molecule has 0 spiro atoms. The van der Waals surface area contributed by atoms with Gasteiger partial charge in [0.05, 0.1) is 5.52 Å². The SMILES string of the molecule is Cc1nc2c(C#N)c(O)[nH]c2c(C)c1C. The van der Waals surface area contributed by atoms with Gasteiger partial charge in [-0.15, -0.1) is 0 Å². The van der Waals surface area contributed by atoms with E-state index in [9.17, 15) is 5.11 Å². The van der Waals surface area contributed by atoms with Crippen molar-refractivity contribution in [3.05, 3.63) is 22.4 Å². The average Bonchev–Trinajstić information content (AvgIpc) is 2.51. The van der Waals surface area contributed by atoms with E-state index in [1.165, 1.54) is 0 Å². The predicted molar refractivity (Wildman–Crippen MR) is 56.7 cm³/mol. The molecule has 0 aliphatic rings. The van der Waals surface area contributed by atoms with Gasteiger partial charge in [-0.2, -0.15) is 5.26 Å². The predicted octanol–water partition coefficient (Wildman–Crippen LogP) is 2.07. The van der Waals surface area contributed by atoms with Crippen LogP contribution in [0.2, 0.25) is 0 Å². The number of nitriles is 1. The summed E-state index contributed by atoms with van der Waals surface area (Å²) in [4.78, 5) is 7.10. The van der Waals surface area contributed by atoms with Gasteiger partial charge in [0.1, 0.15) is 17.1 Å². The number of nitrogens with zero attached hydrogens (tertiary/aromatic N) is 2. The van der Waals surface area contributed by atoms with E-state index < -0.39 is 0 Å². The number of rotatable bonds is 0. The molecule has 0 fully saturated rings. The monoisotopic (exact) mass is 201 g/mol. The van der Waals surface area contributed by atoms with Gasteiger partial charge in [0.15, 0.2) is 0 Å². The summed E-state index contributed by atoms with van der Waals surface area (Å²) in [5.74, 6) is -0.104. The molecule has 2 heterocycles. The lowest BCUT2D eigenvalue weighted by molar-refractivity contribution is 0.457. The number of aromatic amines is 1. The smallest absolute Gasteiger partial charge is 0.209 e. The highest BCUT2D eigenvalue weighted by Gasteiger charge is 2.15. The van der Waals surface area contributed by atoms with Crippen LogP contribution in [0.3, 0.4) is 0 Å². The fraction of sp³-hybridized carbons (Fsp3) is 0.273. The molecular formula is C11H11N3O. The molecule has 0 atom stereocenters. The summed E-state index contributed by atoms with van der Waals surface area (Å²) >= 11 is 0. The molecule has 0 radical (unpaired) electrons. The van der Waals surface area contributed by atoms with Crippen LogP contribution in [0.1, 0.15) is 22.4 Å². The van der Waals surface area contributed by atoms with Crippen molar-refractivity contribution < 1.29 is 5.11 Å². The summed E-state index contributed by atoms with van der Waals surface area (Å²) in [5.41, 5.74) is 4.50. The third-order valence-electron chi connectivity index (χ3n) is 2.83. The standard InChI is InChI=1S/C11H11N3O/c1-5-6(2)9-10(13-7(5)3)8(4-12)11(15)14-9/h14-15H,1-3H3. The van der Waals surface area contributed by atoms with Gasteiger partial charge in [-0.3, -0.25) is 0 Å². The summed E-state index contributed by atoms with van der Waals surface area (Å²) in [6.45, 7) is 5.82. The van der Waals surface area contributed by atoms with Crippen LogP contribution in [-0.4, -0.2) is 15.1 Å². The highest BCUT2D eigenvalue weighted by atomic mass is 16.3. The lowest BCUT2D eigenvalue weighted by atomic mass is 10.1. The Morgan fingerprint density at radius 2 is 1.93 bits per heavy atom. The Morgan fingerprint density at radius 3 is 2.53 bits per heavy atom. The average molecular weight is 201 g/mol. The zero-order chi connectivity index (χ0) is 11.2. The van der Waals surface area contributed by atoms with E-state index in [1.807, 2.05) is 26.8 Å². The van der Waals surface area contributed by atoms with Gasteiger partial charge in [-0.1, -0.05) is 0 Å². The first-order chi connectivity index (χ1) is 7.06. The van der Waals surface area contributed by atoms with Crippen molar-refractivity contribution in [3.63, 3.8) is 0 Å². The van der Waals surface area contributed by atoms with Crippen LogP contribution < -0.4 is 0 Å². The minimum absolute atomic E-state index is 0.104. The van der Waals surface area contributed by atoms with E-state index in [4.69, 9.17) is 5.26 Å². The maximum atomic E-state index is 9.52. The molecule has 4 nitrogen and oxygen atoms in total. The highest BCUT2D eigenvalue weighted by Crippen LogP contribution is 2.29. The first-order valence-electron chi connectivity index (χ1n) is 4.64. The molecule has 0 aliphatic carbocycles. The number of nitrogens with one attached hydrogen (secondary N) is 1. The van der Waals surface area contributed by atoms with Crippen LogP contribution in [0.4, 0.5) is 0 Å². The maximum Gasteiger partial charge on any atom is 0.209 e. The van der Waals surface area contributed by atoms with Crippen molar-refractivity contribution in [2.45, 2.75) is 20.8 Å². The molecule has 0 saturated heterocycles. The molecule has 0 bridgehead atoms. The normalized spacial score (nSPS) is 10.5. The number of aromatic hydroxyl groups is 1. The molecule has 4 heteroatoms. The Bertz CT molecular complexity index is 590. The van der Waals surface area contributed by atoms with Gasteiger partial charge >= 0.3 is 0 Å². The van der Waals surface area contributed by atoms with Crippen LogP contribution in [0.15, 0.2) is 0 Å². The number of pyridine rings is 1. The number of H-pyrrole nitrogens is 1. The van der Waals surface area contributed by atoms with Crippen LogP contribution in [0, 0.1) is 32.1 Å². The van der Waals surface area contributed by atoms with Crippen molar-refractivity contribution in [1.82, 2.24) is 9.97 Å². The van der Waals surface area contributed by atoms with E-state index in [1.54, 1.807) is 0 Å². The fourth-order valence-corrected chi connectivity index (χ4v) is 1.68. The highest BCUT2D eigenvalue weighted by molar-refractivity contribution is 5.88. The van der Waals surface area contributed by atoms with Crippen molar-refractivity contribution in [1.29, 1.82) is 5.26 Å². The fourth-order valence-electron chi connectivity index (χ4n) is 1.68. The van der Waals surface area contributed by atoms with E-state index in [0.717, 1.165) is 22.3 Å². The molecule has 76 valence electrons. The van der Waals surface area contributed by atoms with Gasteiger partial charge in [0.2, 0.25) is 5.88 Å². The summed E-state index contributed by atoms with van der Waals surface area (Å²) in [6, 6.07) is 1.95. The number of hydrogen-bond donors (Lipinski definition) is 2. The Kier molecular flexibility index (Phi) is 1.90. The second kappa shape index (κ2) is 2.99. The van der Waals surface area contributed by atoms with Crippen molar-refractivity contribution in [3.8, 4) is 11.9 Å². The number of aromatic nitrogens is 2. The molecule has 15 heavy (non-hydrogen) atoms. The molecule has 2 rings (SSSR count). The summed E-state index contributed by atoms with van der Waals surface area (Å²) in [7, 11) is 0. The van der Waals surface area contributed by atoms with Gasteiger partial charge in [-0.05, 0) is 31.9 Å². The second-order valence-corrected chi connectivity index (χ2v) is 3.63. The van der Waals surface area contributed by atoms with Crippen LogP contribution in [-0.2, 0) is 0 Å². The Morgan fingerprint density at radius 1 is 1.27 bits per heavy atom. The lowest BCUT2D eigenvalue weighted by Crippen LogP contribution is -1.92. The molecule has 0 saturated carbocycles. The molecule has 0 amide bonds. The van der Waals surface area contributed by atoms with Gasteiger partial charge < -0.3 is 10.1 Å². The third kappa shape index (κ3) is 1.17. The van der Waals surface area contributed by atoms with Gasteiger partial charge in [0.25, 0.3) is 0 Å². The van der Waals surface area contributed by atoms with E-state index in [0.29, 0.717) is 5.52 Å². The molecular weight excluding hydrogens is 190 g/mol. The van der Waals surface area contributed by atoms with Crippen molar-refractivity contribution in [2.24, 2.45) is 0 Å². The van der Waals surface area contributed by atoms with Gasteiger partial charge in [-0.25, -0.2) is 4.98 Å². The van der Waals surface area contributed by atoms with E-state index in [-0.39, 0.29) is 11.4 Å². The molecule has 2 N–H and O–H groups in total. The minimum atomic E-state index is -0.104. The number of hydrogen-bond acceptors (Lipinski definition) is 3. The number of fused-ring (bicyclic) bond motifs is 1. The third-order valence-corrected chi connectivity index (χ3v) is 2.83. The molecule has 0 unspecified atom stereocenters. The molecule has 2 aromatic heterocycles. The quantitative estimate of drug-likeness (QED) is 0.685. The topological polar surface area (TPSA) is 72.7 Å². The van der Waals surface area contributed by atoms with Crippen molar-refractivity contribution in [2.75, 3.05) is 0 Å². The first-order valence-corrected chi connectivity index (χ1v) is 4.64. The second-order valence-electron chi connectivity index (χ2n) is 3.63. The Labute approximate surface area is 87.2 Å². The summed E-state index contributed by atoms with van der Waals surface area (Å²) < 4.78 is 0. The Hall–Kier alpha value is -2.02. The van der Waals surface area contributed by atoms with E-state index in [2.05, 4.69) is 9.97 Å².